The van der Waals surface area contributed by atoms with Crippen molar-refractivity contribution in [3.05, 3.63) is 42.0 Å². The Morgan fingerprint density at radius 1 is 0.909 bits per heavy atom. The van der Waals surface area contributed by atoms with Gasteiger partial charge in [-0.15, -0.1) is 0 Å². The monoisotopic (exact) mass is 455 g/mol. The number of carbonyl (C=O) groups is 1. The van der Waals surface area contributed by atoms with E-state index in [0.29, 0.717) is 24.0 Å². The molecule has 1 heterocycles. The smallest absolute Gasteiger partial charge is 0.306 e. The van der Waals surface area contributed by atoms with Gasteiger partial charge in [0.15, 0.2) is 0 Å². The first-order valence-electron chi connectivity index (χ1n) is 12.9. The maximum Gasteiger partial charge on any atom is 0.306 e. The zero-order valence-electron chi connectivity index (χ0n) is 21.4. The summed E-state index contributed by atoms with van der Waals surface area (Å²) in [5.74, 6) is 0.433. The van der Waals surface area contributed by atoms with Crippen molar-refractivity contribution in [1.29, 1.82) is 0 Å². The van der Waals surface area contributed by atoms with E-state index < -0.39 is 5.97 Å². The van der Waals surface area contributed by atoms with Crippen molar-refractivity contribution in [2.75, 3.05) is 13.1 Å². The second-order valence-electron chi connectivity index (χ2n) is 10.4. The SMILES string of the molecule is CC.CC(C)(C)C1CCCCC1.O=C(O)C1CCN(Cc2cccc3c(O)cccc23)CC1. The van der Waals surface area contributed by atoms with Crippen LogP contribution in [0.5, 0.6) is 5.75 Å². The third-order valence-electron chi connectivity index (χ3n) is 7.15. The highest BCUT2D eigenvalue weighted by Gasteiger charge is 2.26. The van der Waals surface area contributed by atoms with Crippen LogP contribution in [0.1, 0.15) is 85.1 Å². The second kappa shape index (κ2) is 13.0. The van der Waals surface area contributed by atoms with E-state index in [1.165, 1.54) is 37.7 Å². The zero-order chi connectivity index (χ0) is 24.4. The van der Waals surface area contributed by atoms with E-state index in [9.17, 15) is 9.90 Å². The largest absolute Gasteiger partial charge is 0.507 e. The number of phenolic OH excluding ortho intramolecular Hbond substituents is 1. The number of carboxylic acid groups (broad SMARTS) is 1. The van der Waals surface area contributed by atoms with Crippen molar-refractivity contribution in [3.8, 4) is 5.75 Å². The van der Waals surface area contributed by atoms with Gasteiger partial charge >= 0.3 is 5.97 Å². The lowest BCUT2D eigenvalue weighted by Crippen LogP contribution is -2.35. The number of phenols is 1. The van der Waals surface area contributed by atoms with Gasteiger partial charge in [0, 0.05) is 11.9 Å². The van der Waals surface area contributed by atoms with Crippen molar-refractivity contribution in [2.45, 2.75) is 86.1 Å². The van der Waals surface area contributed by atoms with Gasteiger partial charge in [0.1, 0.15) is 5.75 Å². The van der Waals surface area contributed by atoms with Gasteiger partial charge in [-0.2, -0.15) is 0 Å². The Morgan fingerprint density at radius 2 is 1.48 bits per heavy atom. The first-order chi connectivity index (χ1) is 15.8. The third-order valence-corrected chi connectivity index (χ3v) is 7.15. The molecule has 0 aromatic heterocycles. The average Bonchev–Trinajstić information content (AvgIpc) is 2.82. The van der Waals surface area contributed by atoms with E-state index in [1.54, 1.807) is 6.07 Å². The van der Waals surface area contributed by atoms with Gasteiger partial charge in [-0.25, -0.2) is 0 Å². The van der Waals surface area contributed by atoms with Crippen LogP contribution < -0.4 is 0 Å². The van der Waals surface area contributed by atoms with Crippen LogP contribution >= 0.6 is 0 Å². The number of likely N-dealkylation sites (tertiary alicyclic amines) is 1. The molecular weight excluding hydrogens is 410 g/mol. The van der Waals surface area contributed by atoms with Gasteiger partial charge < -0.3 is 10.2 Å². The minimum Gasteiger partial charge on any atom is -0.507 e. The number of piperidine rings is 1. The Kier molecular flexibility index (Phi) is 10.7. The maximum absolute atomic E-state index is 11.0. The fraction of sp³-hybridized carbons (Fsp3) is 0.621. The Balaban J connectivity index is 0.000000270. The number of hydrogen-bond acceptors (Lipinski definition) is 3. The van der Waals surface area contributed by atoms with Crippen molar-refractivity contribution in [1.82, 2.24) is 4.90 Å². The highest BCUT2D eigenvalue weighted by molar-refractivity contribution is 5.90. The minimum atomic E-state index is -0.676. The highest BCUT2D eigenvalue weighted by Crippen LogP contribution is 2.37. The molecule has 1 saturated heterocycles. The van der Waals surface area contributed by atoms with Crippen LogP contribution in [-0.4, -0.2) is 34.2 Å². The van der Waals surface area contributed by atoms with E-state index in [0.717, 1.165) is 36.3 Å². The van der Waals surface area contributed by atoms with E-state index in [2.05, 4.69) is 31.7 Å². The molecule has 4 rings (SSSR count). The van der Waals surface area contributed by atoms with Gasteiger partial charge in [-0.05, 0) is 67.1 Å². The number of hydrogen-bond donors (Lipinski definition) is 2. The lowest BCUT2D eigenvalue weighted by Gasteiger charge is -2.33. The Morgan fingerprint density at radius 3 is 2.03 bits per heavy atom. The molecule has 2 N–H and O–H groups in total. The molecule has 2 aliphatic rings. The molecule has 0 bridgehead atoms. The molecule has 1 aliphatic heterocycles. The zero-order valence-corrected chi connectivity index (χ0v) is 21.4. The van der Waals surface area contributed by atoms with E-state index in [-0.39, 0.29) is 5.92 Å². The van der Waals surface area contributed by atoms with E-state index in [4.69, 9.17) is 5.11 Å². The van der Waals surface area contributed by atoms with Gasteiger partial charge in [-0.3, -0.25) is 9.69 Å². The predicted octanol–water partition coefficient (Wildman–Crippen LogP) is 7.48. The summed E-state index contributed by atoms with van der Waals surface area (Å²) in [6.07, 6.45) is 8.81. The Bertz CT molecular complexity index is 857. The first-order valence-corrected chi connectivity index (χ1v) is 12.9. The summed E-state index contributed by atoms with van der Waals surface area (Å²) in [6.45, 7) is 13.6. The summed E-state index contributed by atoms with van der Waals surface area (Å²) in [6, 6.07) is 11.5. The molecule has 4 heteroatoms. The molecular formula is C29H45NO3. The van der Waals surface area contributed by atoms with Crippen LogP contribution in [0, 0.1) is 17.3 Å². The van der Waals surface area contributed by atoms with Crippen LogP contribution in [0.4, 0.5) is 0 Å². The van der Waals surface area contributed by atoms with Crippen LogP contribution in [0.25, 0.3) is 10.8 Å². The number of aliphatic carboxylic acids is 1. The first kappa shape index (κ1) is 27.2. The third kappa shape index (κ3) is 8.03. The molecule has 0 unspecified atom stereocenters. The molecule has 184 valence electrons. The second-order valence-corrected chi connectivity index (χ2v) is 10.4. The number of aromatic hydroxyl groups is 1. The van der Waals surface area contributed by atoms with Crippen molar-refractivity contribution >= 4 is 16.7 Å². The minimum absolute atomic E-state index is 0.196. The van der Waals surface area contributed by atoms with Gasteiger partial charge in [0.25, 0.3) is 0 Å². The summed E-state index contributed by atoms with van der Waals surface area (Å²) in [7, 11) is 0. The van der Waals surface area contributed by atoms with E-state index >= 15 is 0 Å². The molecule has 0 atom stereocenters. The van der Waals surface area contributed by atoms with Gasteiger partial charge in [0.2, 0.25) is 0 Å². The lowest BCUT2D eigenvalue weighted by molar-refractivity contribution is -0.143. The normalized spacial score (nSPS) is 18.1. The standard InChI is InChI=1S/C17H19NO3.C10H20.C2H6/c19-16-6-2-4-14-13(3-1-5-15(14)16)11-18-9-7-12(8-10-18)17(20)21;1-10(2,3)9-7-5-4-6-8-9;1-2/h1-6,12,19H,7-11H2,(H,20,21);9H,4-8H2,1-3H3;1-2H3. The molecule has 2 aromatic rings. The van der Waals surface area contributed by atoms with Crippen LogP contribution in [0.15, 0.2) is 36.4 Å². The summed E-state index contributed by atoms with van der Waals surface area (Å²) in [5.41, 5.74) is 1.75. The Hall–Kier alpha value is -2.07. The summed E-state index contributed by atoms with van der Waals surface area (Å²) in [5, 5.41) is 20.9. The number of benzene rings is 2. The van der Waals surface area contributed by atoms with Gasteiger partial charge in [-0.1, -0.05) is 84.2 Å². The predicted molar refractivity (Wildman–Crippen MR) is 139 cm³/mol. The molecule has 0 amide bonds. The average molecular weight is 456 g/mol. The van der Waals surface area contributed by atoms with Crippen LogP contribution in [0.2, 0.25) is 0 Å². The van der Waals surface area contributed by atoms with Crippen LogP contribution in [0.3, 0.4) is 0 Å². The molecule has 2 aromatic carbocycles. The van der Waals surface area contributed by atoms with Crippen LogP contribution in [-0.2, 0) is 11.3 Å². The summed E-state index contributed by atoms with van der Waals surface area (Å²) < 4.78 is 0. The molecule has 0 spiro atoms. The number of rotatable bonds is 3. The molecule has 1 saturated carbocycles. The van der Waals surface area contributed by atoms with Crippen molar-refractivity contribution in [3.63, 3.8) is 0 Å². The van der Waals surface area contributed by atoms with Gasteiger partial charge in [0.05, 0.1) is 5.92 Å². The highest BCUT2D eigenvalue weighted by atomic mass is 16.4. The number of fused-ring (bicyclic) bond motifs is 1. The summed E-state index contributed by atoms with van der Waals surface area (Å²) >= 11 is 0. The maximum atomic E-state index is 11.0. The summed E-state index contributed by atoms with van der Waals surface area (Å²) in [4.78, 5) is 13.3. The lowest BCUT2D eigenvalue weighted by atomic mass is 9.72. The topological polar surface area (TPSA) is 60.8 Å². The fourth-order valence-electron chi connectivity index (χ4n) is 5.04. The molecule has 4 nitrogen and oxygen atoms in total. The molecule has 0 radical (unpaired) electrons. The molecule has 1 aliphatic carbocycles. The molecule has 33 heavy (non-hydrogen) atoms. The Labute approximate surface area is 201 Å². The van der Waals surface area contributed by atoms with Crippen molar-refractivity contribution < 1.29 is 15.0 Å². The fourth-order valence-corrected chi connectivity index (χ4v) is 5.04. The number of carboxylic acids is 1. The quantitative estimate of drug-likeness (QED) is 0.503. The van der Waals surface area contributed by atoms with E-state index in [1.807, 2.05) is 38.1 Å². The van der Waals surface area contributed by atoms with Crippen molar-refractivity contribution in [2.24, 2.45) is 17.3 Å². The number of nitrogens with zero attached hydrogens (tertiary/aromatic N) is 1. The molecule has 2 fully saturated rings.